The molecule has 0 atom stereocenters. The summed E-state index contributed by atoms with van der Waals surface area (Å²) >= 11 is 0. The summed E-state index contributed by atoms with van der Waals surface area (Å²) < 4.78 is 33.2. The van der Waals surface area contributed by atoms with Crippen molar-refractivity contribution < 1.29 is 17.9 Å². The zero-order valence-corrected chi connectivity index (χ0v) is 17.9. The van der Waals surface area contributed by atoms with E-state index >= 15 is 0 Å². The molecule has 0 bridgehead atoms. The van der Waals surface area contributed by atoms with Gasteiger partial charge in [0.15, 0.2) is 6.61 Å². The van der Waals surface area contributed by atoms with Gasteiger partial charge in [0.2, 0.25) is 0 Å². The third kappa shape index (κ3) is 4.71. The molecule has 0 aromatic heterocycles. The Kier molecular flexibility index (Phi) is 6.90. The molecule has 0 radical (unpaired) electrons. The number of sulfonamides is 1. The van der Waals surface area contributed by atoms with E-state index < -0.39 is 22.5 Å². The highest BCUT2D eigenvalue weighted by atomic mass is 32.2. The Labute approximate surface area is 178 Å². The zero-order chi connectivity index (χ0) is 21.6. The first-order chi connectivity index (χ1) is 14.5. The summed E-state index contributed by atoms with van der Waals surface area (Å²) in [4.78, 5) is 13.2. The Bertz CT molecular complexity index is 1090. The number of para-hydroxylation sites is 1. The molecular weight excluding hydrogens is 398 g/mol. The summed E-state index contributed by atoms with van der Waals surface area (Å²) in [6.45, 7) is 3.61. The summed E-state index contributed by atoms with van der Waals surface area (Å²) in [5, 5.41) is 0. The van der Waals surface area contributed by atoms with Crippen LogP contribution in [0.2, 0.25) is 0 Å². The average molecular weight is 424 g/mol. The Hall–Kier alpha value is -3.12. The second-order valence-electron chi connectivity index (χ2n) is 6.75. The second kappa shape index (κ2) is 9.59. The zero-order valence-electron chi connectivity index (χ0n) is 17.1. The number of hydrogen-bond acceptors (Lipinski definition) is 4. The van der Waals surface area contributed by atoms with E-state index in [1.807, 2.05) is 44.2 Å². The molecule has 0 aliphatic carbocycles. The van der Waals surface area contributed by atoms with Crippen molar-refractivity contribution in [2.24, 2.45) is 0 Å². The van der Waals surface area contributed by atoms with E-state index in [0.717, 1.165) is 28.3 Å². The molecule has 5 nitrogen and oxygen atoms in total. The maximum Gasteiger partial charge on any atom is 0.278 e. The quantitative estimate of drug-likeness (QED) is 0.531. The Balaban J connectivity index is 1.95. The maximum atomic E-state index is 13.3. The van der Waals surface area contributed by atoms with Gasteiger partial charge >= 0.3 is 0 Å². The van der Waals surface area contributed by atoms with Gasteiger partial charge in [0.25, 0.3) is 15.9 Å². The highest BCUT2D eigenvalue weighted by molar-refractivity contribution is 7.93. The lowest BCUT2D eigenvalue weighted by molar-refractivity contribution is -0.119. The fourth-order valence-electron chi connectivity index (χ4n) is 3.12. The molecule has 0 heterocycles. The van der Waals surface area contributed by atoms with Crippen LogP contribution in [0.25, 0.3) is 0 Å². The van der Waals surface area contributed by atoms with Crippen molar-refractivity contribution in [2.45, 2.75) is 31.6 Å². The van der Waals surface area contributed by atoms with Crippen molar-refractivity contribution in [1.29, 1.82) is 0 Å². The molecule has 30 heavy (non-hydrogen) atoms. The Morgan fingerprint density at radius 3 is 2.10 bits per heavy atom. The number of carbonyl (C=O) groups is 1. The van der Waals surface area contributed by atoms with Gasteiger partial charge in [0, 0.05) is 0 Å². The van der Waals surface area contributed by atoms with Crippen molar-refractivity contribution in [2.75, 3.05) is 10.9 Å². The van der Waals surface area contributed by atoms with Crippen molar-refractivity contribution >= 4 is 21.6 Å². The number of rotatable bonds is 8. The summed E-state index contributed by atoms with van der Waals surface area (Å²) in [6, 6.07) is 22.3. The molecule has 6 heteroatoms. The molecule has 0 spiro atoms. The van der Waals surface area contributed by atoms with Crippen LogP contribution >= 0.6 is 0 Å². The fourth-order valence-corrected chi connectivity index (χ4v) is 4.55. The van der Waals surface area contributed by atoms with Gasteiger partial charge in [-0.3, -0.25) is 4.79 Å². The minimum atomic E-state index is -4.09. The SMILES string of the molecule is CCc1ccc(N(C(=O)COc2ccccc2CC)S(=O)(=O)c2ccccc2)cc1. The first-order valence-electron chi connectivity index (χ1n) is 9.90. The fraction of sp³-hybridized carbons (Fsp3) is 0.208. The Morgan fingerprint density at radius 1 is 0.833 bits per heavy atom. The molecule has 0 aliphatic rings. The number of hydrogen-bond donors (Lipinski definition) is 0. The van der Waals surface area contributed by atoms with Gasteiger partial charge in [0.1, 0.15) is 5.75 Å². The molecule has 0 N–H and O–H groups in total. The minimum absolute atomic E-state index is 0.0480. The minimum Gasteiger partial charge on any atom is -0.483 e. The van der Waals surface area contributed by atoms with Crippen LogP contribution < -0.4 is 9.04 Å². The summed E-state index contributed by atoms with van der Waals surface area (Å²) in [6.07, 6.45) is 1.56. The number of aryl methyl sites for hydroxylation is 2. The number of nitrogens with zero attached hydrogens (tertiary/aromatic N) is 1. The summed E-state index contributed by atoms with van der Waals surface area (Å²) in [7, 11) is -4.09. The predicted octanol–water partition coefficient (Wildman–Crippen LogP) is 4.61. The molecule has 0 fully saturated rings. The maximum absolute atomic E-state index is 13.3. The van der Waals surface area contributed by atoms with Gasteiger partial charge in [0.05, 0.1) is 10.6 Å². The van der Waals surface area contributed by atoms with Crippen molar-refractivity contribution in [1.82, 2.24) is 0 Å². The molecule has 0 saturated heterocycles. The van der Waals surface area contributed by atoms with E-state index in [1.54, 1.807) is 36.4 Å². The third-order valence-corrected chi connectivity index (χ3v) is 6.55. The van der Waals surface area contributed by atoms with Gasteiger partial charge in [-0.1, -0.05) is 62.4 Å². The molecule has 3 aromatic carbocycles. The van der Waals surface area contributed by atoms with E-state index in [9.17, 15) is 13.2 Å². The van der Waals surface area contributed by atoms with Crippen molar-refractivity contribution in [3.63, 3.8) is 0 Å². The summed E-state index contributed by atoms with van der Waals surface area (Å²) in [5.41, 5.74) is 2.29. The third-order valence-electron chi connectivity index (χ3n) is 4.79. The monoisotopic (exact) mass is 423 g/mol. The molecule has 3 rings (SSSR count). The Morgan fingerprint density at radius 2 is 1.47 bits per heavy atom. The highest BCUT2D eigenvalue weighted by Gasteiger charge is 2.31. The van der Waals surface area contributed by atoms with Crippen molar-refractivity contribution in [3.05, 3.63) is 90.0 Å². The number of carbonyl (C=O) groups excluding carboxylic acids is 1. The van der Waals surface area contributed by atoms with Crippen LogP contribution in [0, 0.1) is 0 Å². The van der Waals surface area contributed by atoms with Crippen LogP contribution in [-0.2, 0) is 27.7 Å². The van der Waals surface area contributed by atoms with Crippen LogP contribution in [0.15, 0.2) is 83.8 Å². The number of amides is 1. The molecule has 0 saturated carbocycles. The molecule has 0 unspecified atom stereocenters. The van der Waals surface area contributed by atoms with E-state index in [2.05, 4.69) is 0 Å². The molecular formula is C24H25NO4S. The first-order valence-corrected chi connectivity index (χ1v) is 11.3. The van der Waals surface area contributed by atoms with Gasteiger partial charge < -0.3 is 4.74 Å². The van der Waals surface area contributed by atoms with E-state index in [-0.39, 0.29) is 10.6 Å². The number of benzene rings is 3. The van der Waals surface area contributed by atoms with Crippen LogP contribution in [0.5, 0.6) is 5.75 Å². The van der Waals surface area contributed by atoms with Crippen LogP contribution in [0.1, 0.15) is 25.0 Å². The van der Waals surface area contributed by atoms with Gasteiger partial charge in [-0.25, -0.2) is 8.42 Å². The normalized spacial score (nSPS) is 11.1. The van der Waals surface area contributed by atoms with Crippen molar-refractivity contribution in [3.8, 4) is 5.75 Å². The average Bonchev–Trinajstić information content (AvgIpc) is 2.79. The topological polar surface area (TPSA) is 63.7 Å². The molecule has 0 aliphatic heterocycles. The lowest BCUT2D eigenvalue weighted by Gasteiger charge is -2.23. The van der Waals surface area contributed by atoms with Crippen LogP contribution in [0.4, 0.5) is 5.69 Å². The van der Waals surface area contributed by atoms with Crippen LogP contribution in [-0.4, -0.2) is 20.9 Å². The van der Waals surface area contributed by atoms with E-state index in [4.69, 9.17) is 4.74 Å². The lowest BCUT2D eigenvalue weighted by atomic mass is 10.1. The van der Waals surface area contributed by atoms with Gasteiger partial charge in [-0.2, -0.15) is 4.31 Å². The first kappa shape index (κ1) is 21.6. The highest BCUT2D eigenvalue weighted by Crippen LogP contribution is 2.25. The smallest absolute Gasteiger partial charge is 0.278 e. The number of ether oxygens (including phenoxy) is 1. The molecule has 1 amide bonds. The largest absolute Gasteiger partial charge is 0.483 e. The number of anilines is 1. The predicted molar refractivity (Wildman–Crippen MR) is 118 cm³/mol. The van der Waals surface area contributed by atoms with Gasteiger partial charge in [-0.15, -0.1) is 0 Å². The van der Waals surface area contributed by atoms with Crippen LogP contribution in [0.3, 0.4) is 0 Å². The lowest BCUT2D eigenvalue weighted by Crippen LogP contribution is -2.40. The van der Waals surface area contributed by atoms with E-state index in [0.29, 0.717) is 5.75 Å². The second-order valence-corrected chi connectivity index (χ2v) is 8.53. The molecule has 3 aromatic rings. The molecule has 156 valence electrons. The summed E-state index contributed by atoms with van der Waals surface area (Å²) in [5.74, 6) is -0.0826. The van der Waals surface area contributed by atoms with Gasteiger partial charge in [-0.05, 0) is 54.3 Å². The van der Waals surface area contributed by atoms with E-state index in [1.165, 1.54) is 12.1 Å². The standard InChI is InChI=1S/C24H25NO4S/c1-3-19-14-16-21(17-15-19)25(30(27,28)22-11-6-5-7-12-22)24(26)18-29-23-13-9-8-10-20(23)4-2/h5-17H,3-4,18H2,1-2H3.